The first kappa shape index (κ1) is 19.6. The molecule has 1 aromatic heterocycles. The van der Waals surface area contributed by atoms with Gasteiger partial charge in [-0.3, -0.25) is 0 Å². The average Bonchev–Trinajstić information content (AvgIpc) is 3.17. The minimum atomic E-state index is -4.23. The molecule has 2 aromatic rings. The maximum atomic E-state index is 11.0. The van der Waals surface area contributed by atoms with Gasteiger partial charge < -0.3 is 14.2 Å². The number of rotatable bonds is 7. The third-order valence-corrected chi connectivity index (χ3v) is 7.22. The predicted molar refractivity (Wildman–Crippen MR) is 112 cm³/mol. The Kier molecular flexibility index (Phi) is 5.93. The van der Waals surface area contributed by atoms with Crippen LogP contribution in [0.25, 0.3) is 10.1 Å². The fraction of sp³-hybridized carbons (Fsp3) is 0.353. The fourth-order valence-electron chi connectivity index (χ4n) is 2.81. The molecule has 0 saturated carbocycles. The van der Waals surface area contributed by atoms with E-state index >= 15 is 0 Å². The van der Waals surface area contributed by atoms with Gasteiger partial charge in [0.2, 0.25) is 0 Å². The molecule has 0 saturated heterocycles. The molecular weight excluding hydrogens is 410 g/mol. The summed E-state index contributed by atoms with van der Waals surface area (Å²) >= 11 is 8.58. The Bertz CT molecular complexity index is 978. The van der Waals surface area contributed by atoms with E-state index in [9.17, 15) is 13.0 Å². The van der Waals surface area contributed by atoms with Crippen molar-refractivity contribution < 1.29 is 17.7 Å². The second-order valence-electron chi connectivity index (χ2n) is 5.76. The van der Waals surface area contributed by atoms with Crippen LogP contribution in [0.5, 0.6) is 5.75 Å². The van der Waals surface area contributed by atoms with E-state index in [1.165, 1.54) is 0 Å². The first-order valence-electron chi connectivity index (χ1n) is 8.05. The number of anilines is 1. The van der Waals surface area contributed by atoms with Crippen molar-refractivity contribution in [2.45, 2.75) is 24.7 Å². The van der Waals surface area contributed by atoms with E-state index in [-0.39, 0.29) is 12.2 Å². The molecule has 5 nitrogen and oxygen atoms in total. The number of thioether (sulfide) groups is 1. The molecule has 140 valence electrons. The van der Waals surface area contributed by atoms with Crippen molar-refractivity contribution in [1.29, 1.82) is 0 Å². The highest BCUT2D eigenvalue weighted by Gasteiger charge is 2.29. The van der Waals surface area contributed by atoms with Crippen LogP contribution in [-0.4, -0.2) is 37.2 Å². The third kappa shape index (κ3) is 4.07. The van der Waals surface area contributed by atoms with Crippen molar-refractivity contribution in [2.24, 2.45) is 0 Å². The number of benzene rings is 1. The zero-order valence-corrected chi connectivity index (χ0v) is 17.6. The van der Waals surface area contributed by atoms with Crippen LogP contribution in [0.4, 0.5) is 5.69 Å². The molecule has 9 heteroatoms. The zero-order chi connectivity index (χ0) is 18.9. The lowest BCUT2D eigenvalue weighted by atomic mass is 10.2. The molecule has 0 spiro atoms. The maximum absolute atomic E-state index is 11.0. The first-order valence-corrected chi connectivity index (χ1v) is 11.7. The van der Waals surface area contributed by atoms with Crippen LogP contribution in [0.3, 0.4) is 0 Å². The number of methoxy groups -OCH3 is 1. The monoisotopic (exact) mass is 428 g/mol. The summed E-state index contributed by atoms with van der Waals surface area (Å²) in [5.74, 6) is 0.438. The van der Waals surface area contributed by atoms with E-state index < -0.39 is 10.1 Å². The van der Waals surface area contributed by atoms with Crippen molar-refractivity contribution in [2.75, 3.05) is 24.3 Å². The lowest BCUT2D eigenvalue weighted by molar-refractivity contribution is 0.419. The van der Waals surface area contributed by atoms with Gasteiger partial charge in [-0.15, -0.1) is 11.3 Å². The van der Waals surface area contributed by atoms with Crippen LogP contribution < -0.4 is 9.64 Å². The second-order valence-corrected chi connectivity index (χ2v) is 9.79. The highest BCUT2D eigenvalue weighted by atomic mass is 32.2. The lowest BCUT2D eigenvalue weighted by Crippen LogP contribution is -2.22. The molecule has 0 radical (unpaired) electrons. The normalized spacial score (nSPS) is 15.7. The molecular formula is C17H18NO4S4-. The molecule has 0 fully saturated rings. The van der Waals surface area contributed by atoms with Gasteiger partial charge in [-0.05, 0) is 36.4 Å². The summed E-state index contributed by atoms with van der Waals surface area (Å²) in [6.45, 7) is 2.44. The van der Waals surface area contributed by atoms with Crippen molar-refractivity contribution >= 4 is 66.1 Å². The largest absolute Gasteiger partial charge is 0.748 e. The molecule has 26 heavy (non-hydrogen) atoms. The topological polar surface area (TPSA) is 69.7 Å². The Morgan fingerprint density at radius 2 is 2.23 bits per heavy atom. The Morgan fingerprint density at radius 3 is 2.88 bits per heavy atom. The summed E-state index contributed by atoms with van der Waals surface area (Å²) in [6.07, 6.45) is 2.98. The quantitative estimate of drug-likeness (QED) is 0.368. The van der Waals surface area contributed by atoms with Gasteiger partial charge in [-0.1, -0.05) is 30.9 Å². The van der Waals surface area contributed by atoms with Gasteiger partial charge in [0.1, 0.15) is 5.75 Å². The number of hydrogen-bond acceptors (Lipinski definition) is 8. The molecule has 0 amide bonds. The summed E-state index contributed by atoms with van der Waals surface area (Å²) in [4.78, 5) is 3.95. The van der Waals surface area contributed by atoms with Crippen molar-refractivity contribution in [3.8, 4) is 5.75 Å². The Morgan fingerprint density at radius 1 is 1.46 bits per heavy atom. The van der Waals surface area contributed by atoms with E-state index in [4.69, 9.17) is 17.0 Å². The second kappa shape index (κ2) is 7.85. The summed E-state index contributed by atoms with van der Waals surface area (Å²) in [5, 5.41) is 3.99. The molecule has 2 heterocycles. The third-order valence-electron chi connectivity index (χ3n) is 4.02. The first-order chi connectivity index (χ1) is 12.3. The minimum Gasteiger partial charge on any atom is -0.748 e. The van der Waals surface area contributed by atoms with Gasteiger partial charge in [0.15, 0.2) is 0 Å². The lowest BCUT2D eigenvalue weighted by Gasteiger charge is -2.22. The molecule has 1 aliphatic rings. The minimum absolute atomic E-state index is 0.265. The van der Waals surface area contributed by atoms with Crippen molar-refractivity contribution in [1.82, 2.24) is 0 Å². The number of ether oxygens (including phenoxy) is 1. The predicted octanol–water partition coefficient (Wildman–Crippen LogP) is 4.38. The fourth-order valence-corrected chi connectivity index (χ4v) is 5.71. The zero-order valence-electron chi connectivity index (χ0n) is 14.4. The van der Waals surface area contributed by atoms with Crippen molar-refractivity contribution in [3.63, 3.8) is 0 Å². The molecule has 3 rings (SSSR count). The highest BCUT2D eigenvalue weighted by Crippen LogP contribution is 2.53. The summed E-state index contributed by atoms with van der Waals surface area (Å²) < 4.78 is 39.5. The van der Waals surface area contributed by atoms with Gasteiger partial charge in [-0.2, -0.15) is 0 Å². The standard InChI is InChI=1S/C17H19NO4S4/c1-3-11(23)9-15-18(6-4-8-26(19,20)21)16-14(25-15)10-13(22-2)12-5-7-24-17(12)16/h5,7,9-10H,3-4,6,8H2,1-2H3,(H,19,20,21)/p-1/b15-9+. The number of allylic oxidation sites excluding steroid dienone is 1. The van der Waals surface area contributed by atoms with Gasteiger partial charge in [-0.25, -0.2) is 8.42 Å². The molecule has 1 aromatic carbocycles. The van der Waals surface area contributed by atoms with Crippen molar-refractivity contribution in [3.05, 3.63) is 28.6 Å². The molecule has 0 aliphatic carbocycles. The Hall–Kier alpha value is -1.13. The van der Waals surface area contributed by atoms with Gasteiger partial charge in [0.25, 0.3) is 0 Å². The van der Waals surface area contributed by atoms with E-state index in [1.54, 1.807) is 30.2 Å². The number of nitrogens with zero attached hydrogens (tertiary/aromatic N) is 1. The number of fused-ring (bicyclic) bond motifs is 3. The SMILES string of the molecule is CCC(=S)/C=C1/Sc2cc(OC)c3ccsc3c2N1CCCS(=O)(=O)[O-]. The average molecular weight is 429 g/mol. The summed E-state index contributed by atoms with van der Waals surface area (Å²) in [7, 11) is -2.58. The summed E-state index contributed by atoms with van der Waals surface area (Å²) in [6, 6.07) is 4.02. The smallest absolute Gasteiger partial charge is 0.128 e. The molecule has 0 bridgehead atoms. The number of thiocarbonyl (C=S) groups is 1. The van der Waals surface area contributed by atoms with E-state index in [0.29, 0.717) is 6.54 Å². The van der Waals surface area contributed by atoms with Crippen LogP contribution in [0.15, 0.2) is 33.5 Å². The molecule has 0 N–H and O–H groups in total. The van der Waals surface area contributed by atoms with Crippen LogP contribution in [0.1, 0.15) is 19.8 Å². The van der Waals surface area contributed by atoms with E-state index in [2.05, 4.69) is 4.90 Å². The van der Waals surface area contributed by atoms with Gasteiger partial charge >= 0.3 is 0 Å². The Balaban J connectivity index is 2.04. The number of thiophene rings is 1. The Labute approximate surface area is 166 Å². The van der Waals surface area contributed by atoms with Gasteiger partial charge in [0, 0.05) is 27.4 Å². The van der Waals surface area contributed by atoms with E-state index in [0.717, 1.165) is 42.7 Å². The van der Waals surface area contributed by atoms with Crippen LogP contribution in [0.2, 0.25) is 0 Å². The van der Waals surface area contributed by atoms with Crippen LogP contribution in [-0.2, 0) is 10.1 Å². The highest BCUT2D eigenvalue weighted by molar-refractivity contribution is 8.03. The van der Waals surface area contributed by atoms with Crippen LogP contribution in [0, 0.1) is 0 Å². The molecule has 0 atom stereocenters. The number of hydrogen-bond donors (Lipinski definition) is 0. The van der Waals surface area contributed by atoms with Gasteiger partial charge in [0.05, 0.1) is 32.6 Å². The summed E-state index contributed by atoms with van der Waals surface area (Å²) in [5.41, 5.74) is 1.04. The molecule has 1 aliphatic heterocycles. The van der Waals surface area contributed by atoms with Crippen LogP contribution >= 0.6 is 35.3 Å². The van der Waals surface area contributed by atoms with E-state index in [1.807, 2.05) is 30.5 Å². The maximum Gasteiger partial charge on any atom is 0.128 e. The molecule has 0 unspecified atom stereocenters.